The Morgan fingerprint density at radius 1 is 1.28 bits per heavy atom. The SMILES string of the molecule is CC[C@@H](O)c1ccc(N2CCC(SC)CC2)cc1. The van der Waals surface area contributed by atoms with Crippen LogP contribution in [0.2, 0.25) is 0 Å². The minimum Gasteiger partial charge on any atom is -0.388 e. The summed E-state index contributed by atoms with van der Waals surface area (Å²) in [5, 5.41) is 10.6. The summed E-state index contributed by atoms with van der Waals surface area (Å²) in [7, 11) is 0. The molecule has 0 amide bonds. The van der Waals surface area contributed by atoms with Gasteiger partial charge in [-0.3, -0.25) is 0 Å². The van der Waals surface area contributed by atoms with E-state index in [0.29, 0.717) is 0 Å². The van der Waals surface area contributed by atoms with Gasteiger partial charge in [-0.05, 0) is 43.2 Å². The number of benzene rings is 1. The molecule has 1 aliphatic heterocycles. The lowest BCUT2D eigenvalue weighted by Crippen LogP contribution is -2.34. The van der Waals surface area contributed by atoms with Gasteiger partial charge in [0.1, 0.15) is 0 Å². The molecule has 18 heavy (non-hydrogen) atoms. The zero-order chi connectivity index (χ0) is 13.0. The van der Waals surface area contributed by atoms with Gasteiger partial charge in [0, 0.05) is 24.0 Å². The Labute approximate surface area is 114 Å². The number of piperidine rings is 1. The Bertz CT molecular complexity index is 357. The van der Waals surface area contributed by atoms with Crippen LogP contribution in [0.1, 0.15) is 37.9 Å². The topological polar surface area (TPSA) is 23.5 Å². The molecule has 1 N–H and O–H groups in total. The van der Waals surface area contributed by atoms with Crippen LogP contribution in [-0.4, -0.2) is 29.7 Å². The van der Waals surface area contributed by atoms with Gasteiger partial charge in [0.15, 0.2) is 0 Å². The number of anilines is 1. The highest BCUT2D eigenvalue weighted by atomic mass is 32.2. The van der Waals surface area contributed by atoms with Crippen molar-refractivity contribution in [1.29, 1.82) is 0 Å². The van der Waals surface area contributed by atoms with Gasteiger partial charge in [-0.15, -0.1) is 0 Å². The highest BCUT2D eigenvalue weighted by Crippen LogP contribution is 2.26. The van der Waals surface area contributed by atoms with E-state index < -0.39 is 0 Å². The molecule has 1 aliphatic rings. The van der Waals surface area contributed by atoms with Crippen molar-refractivity contribution < 1.29 is 5.11 Å². The van der Waals surface area contributed by atoms with Gasteiger partial charge in [-0.25, -0.2) is 0 Å². The molecule has 2 rings (SSSR count). The second kappa shape index (κ2) is 6.48. The first-order valence-electron chi connectivity index (χ1n) is 6.80. The van der Waals surface area contributed by atoms with Crippen LogP contribution >= 0.6 is 11.8 Å². The van der Waals surface area contributed by atoms with Crippen LogP contribution in [0.25, 0.3) is 0 Å². The van der Waals surface area contributed by atoms with E-state index in [1.807, 2.05) is 18.7 Å². The fourth-order valence-electron chi connectivity index (χ4n) is 2.49. The van der Waals surface area contributed by atoms with Crippen LogP contribution in [0.4, 0.5) is 5.69 Å². The molecular formula is C15H23NOS. The van der Waals surface area contributed by atoms with E-state index >= 15 is 0 Å². The van der Waals surface area contributed by atoms with Crippen molar-refractivity contribution in [1.82, 2.24) is 0 Å². The quantitative estimate of drug-likeness (QED) is 0.902. The molecule has 0 spiro atoms. The van der Waals surface area contributed by atoms with E-state index in [1.165, 1.54) is 18.5 Å². The molecule has 3 heteroatoms. The fourth-order valence-corrected chi connectivity index (χ4v) is 3.17. The lowest BCUT2D eigenvalue weighted by Gasteiger charge is -2.33. The highest BCUT2D eigenvalue weighted by Gasteiger charge is 2.18. The first-order chi connectivity index (χ1) is 8.74. The molecule has 1 heterocycles. The molecule has 100 valence electrons. The van der Waals surface area contributed by atoms with Gasteiger partial charge in [0.2, 0.25) is 0 Å². The van der Waals surface area contributed by atoms with E-state index in [0.717, 1.165) is 30.3 Å². The third-order valence-electron chi connectivity index (χ3n) is 3.81. The van der Waals surface area contributed by atoms with Crippen LogP contribution < -0.4 is 4.90 Å². The normalized spacial score (nSPS) is 18.9. The van der Waals surface area contributed by atoms with E-state index in [-0.39, 0.29) is 6.10 Å². The molecule has 1 fully saturated rings. The van der Waals surface area contributed by atoms with Gasteiger partial charge in [-0.2, -0.15) is 11.8 Å². The minimum atomic E-state index is -0.318. The molecule has 0 aromatic heterocycles. The highest BCUT2D eigenvalue weighted by molar-refractivity contribution is 7.99. The molecule has 1 aromatic carbocycles. The van der Waals surface area contributed by atoms with Crippen molar-refractivity contribution >= 4 is 17.4 Å². The predicted molar refractivity (Wildman–Crippen MR) is 80.4 cm³/mol. The zero-order valence-electron chi connectivity index (χ0n) is 11.3. The van der Waals surface area contributed by atoms with Crippen LogP contribution in [-0.2, 0) is 0 Å². The number of aliphatic hydroxyl groups excluding tert-OH is 1. The smallest absolute Gasteiger partial charge is 0.0787 e. The van der Waals surface area contributed by atoms with Crippen molar-refractivity contribution in [3.8, 4) is 0 Å². The van der Waals surface area contributed by atoms with Gasteiger partial charge in [-0.1, -0.05) is 19.1 Å². The van der Waals surface area contributed by atoms with E-state index in [2.05, 4.69) is 35.4 Å². The average molecular weight is 265 g/mol. The third kappa shape index (κ3) is 3.21. The summed E-state index contributed by atoms with van der Waals surface area (Å²) in [5.74, 6) is 0. The molecular weight excluding hydrogens is 242 g/mol. The number of hydrogen-bond acceptors (Lipinski definition) is 3. The lowest BCUT2D eigenvalue weighted by atomic mass is 10.1. The molecule has 1 atom stereocenters. The molecule has 0 radical (unpaired) electrons. The predicted octanol–water partition coefficient (Wildman–Crippen LogP) is 3.46. The Morgan fingerprint density at radius 3 is 2.39 bits per heavy atom. The van der Waals surface area contributed by atoms with Gasteiger partial charge in [0.05, 0.1) is 6.10 Å². The maximum Gasteiger partial charge on any atom is 0.0787 e. The Balaban J connectivity index is 1.98. The second-order valence-electron chi connectivity index (χ2n) is 4.94. The minimum absolute atomic E-state index is 0.318. The fraction of sp³-hybridized carbons (Fsp3) is 0.600. The number of nitrogens with zero attached hydrogens (tertiary/aromatic N) is 1. The van der Waals surface area contributed by atoms with E-state index in [1.54, 1.807) is 0 Å². The first kappa shape index (κ1) is 13.8. The first-order valence-corrected chi connectivity index (χ1v) is 8.09. The molecule has 1 aromatic rings. The molecule has 1 saturated heterocycles. The van der Waals surface area contributed by atoms with Crippen molar-refractivity contribution in [2.75, 3.05) is 24.2 Å². The summed E-state index contributed by atoms with van der Waals surface area (Å²) in [6.45, 7) is 4.31. The standard InChI is InChI=1S/C15H23NOS/c1-3-15(17)12-4-6-13(7-5-12)16-10-8-14(18-2)9-11-16/h4-7,14-15,17H,3,8-11H2,1-2H3/t15-/m1/s1. The van der Waals surface area contributed by atoms with Gasteiger partial charge in [0.25, 0.3) is 0 Å². The lowest BCUT2D eigenvalue weighted by molar-refractivity contribution is 0.173. The Morgan fingerprint density at radius 2 is 1.89 bits per heavy atom. The van der Waals surface area contributed by atoms with E-state index in [9.17, 15) is 5.11 Å². The van der Waals surface area contributed by atoms with Gasteiger partial charge >= 0.3 is 0 Å². The molecule has 0 saturated carbocycles. The van der Waals surface area contributed by atoms with Crippen LogP contribution in [0.15, 0.2) is 24.3 Å². The summed E-state index contributed by atoms with van der Waals surface area (Å²) in [4.78, 5) is 2.45. The second-order valence-corrected chi connectivity index (χ2v) is 6.08. The monoisotopic (exact) mass is 265 g/mol. The summed E-state index contributed by atoms with van der Waals surface area (Å²) in [5.41, 5.74) is 2.32. The molecule has 0 bridgehead atoms. The number of thioether (sulfide) groups is 1. The van der Waals surface area contributed by atoms with Crippen molar-refractivity contribution in [2.45, 2.75) is 37.5 Å². The summed E-state index contributed by atoms with van der Waals surface area (Å²) < 4.78 is 0. The summed E-state index contributed by atoms with van der Waals surface area (Å²) in [6.07, 6.45) is 5.22. The largest absolute Gasteiger partial charge is 0.388 e. The van der Waals surface area contributed by atoms with Crippen LogP contribution in [0, 0.1) is 0 Å². The maximum atomic E-state index is 9.78. The molecule has 0 aliphatic carbocycles. The Kier molecular flexibility index (Phi) is 4.95. The summed E-state index contributed by atoms with van der Waals surface area (Å²) in [6, 6.07) is 8.41. The number of aliphatic hydroxyl groups is 1. The summed E-state index contributed by atoms with van der Waals surface area (Å²) >= 11 is 1.99. The van der Waals surface area contributed by atoms with Crippen molar-refractivity contribution in [3.63, 3.8) is 0 Å². The molecule has 2 nitrogen and oxygen atoms in total. The maximum absolute atomic E-state index is 9.78. The van der Waals surface area contributed by atoms with Gasteiger partial charge < -0.3 is 10.0 Å². The number of hydrogen-bond donors (Lipinski definition) is 1. The average Bonchev–Trinajstić information content (AvgIpc) is 2.47. The van der Waals surface area contributed by atoms with Crippen molar-refractivity contribution in [2.24, 2.45) is 0 Å². The Hall–Kier alpha value is -0.670. The third-order valence-corrected chi connectivity index (χ3v) is 4.94. The zero-order valence-corrected chi connectivity index (χ0v) is 12.1. The van der Waals surface area contributed by atoms with Crippen molar-refractivity contribution in [3.05, 3.63) is 29.8 Å². The van der Waals surface area contributed by atoms with E-state index in [4.69, 9.17) is 0 Å². The van der Waals surface area contributed by atoms with Crippen LogP contribution in [0.5, 0.6) is 0 Å². The number of rotatable bonds is 4. The molecule has 0 unspecified atom stereocenters. The van der Waals surface area contributed by atoms with Crippen LogP contribution in [0.3, 0.4) is 0 Å².